The molecule has 2 N–H and O–H groups in total. The number of halogens is 1. The fourth-order valence-electron chi connectivity index (χ4n) is 1.31. The van der Waals surface area contributed by atoms with Crippen LogP contribution in [0.3, 0.4) is 0 Å². The van der Waals surface area contributed by atoms with E-state index in [1.54, 1.807) is 25.3 Å². The normalized spacial score (nSPS) is 10.1. The second-order valence-electron chi connectivity index (χ2n) is 3.50. The topological polar surface area (TPSA) is 80.0 Å². The van der Waals surface area contributed by atoms with E-state index in [9.17, 15) is 4.79 Å². The first-order valence-electron chi connectivity index (χ1n) is 5.21. The number of rotatable bonds is 3. The molecule has 0 unspecified atom stereocenters. The first kappa shape index (κ1) is 12.4. The largest absolute Gasteiger partial charge is 0.448 e. The summed E-state index contributed by atoms with van der Waals surface area (Å²) in [7, 11) is 0. The van der Waals surface area contributed by atoms with Crippen molar-refractivity contribution in [1.82, 2.24) is 15.3 Å². The number of hydrogen-bond acceptors (Lipinski definition) is 4. The SMILES string of the molecule is Cc1ocnc1CNC(=O)Nc1cccnc1Cl. The lowest BCUT2D eigenvalue weighted by molar-refractivity contribution is 0.251. The first-order chi connectivity index (χ1) is 8.66. The van der Waals surface area contributed by atoms with Crippen LogP contribution in [0.4, 0.5) is 10.5 Å². The molecule has 0 aliphatic rings. The average Bonchev–Trinajstić information content (AvgIpc) is 2.75. The number of oxazole rings is 1. The molecule has 0 atom stereocenters. The minimum absolute atomic E-state index is 0.241. The zero-order chi connectivity index (χ0) is 13.0. The third-order valence-electron chi connectivity index (χ3n) is 2.27. The van der Waals surface area contributed by atoms with Crippen molar-refractivity contribution in [3.8, 4) is 0 Å². The first-order valence-corrected chi connectivity index (χ1v) is 5.59. The quantitative estimate of drug-likeness (QED) is 0.836. The van der Waals surface area contributed by atoms with Crippen LogP contribution in [0.25, 0.3) is 0 Å². The molecule has 0 aromatic carbocycles. The monoisotopic (exact) mass is 266 g/mol. The highest BCUT2D eigenvalue weighted by Gasteiger charge is 2.08. The van der Waals surface area contributed by atoms with Gasteiger partial charge in [0.25, 0.3) is 0 Å². The van der Waals surface area contributed by atoms with Crippen LogP contribution in [0.5, 0.6) is 0 Å². The van der Waals surface area contributed by atoms with E-state index >= 15 is 0 Å². The van der Waals surface area contributed by atoms with Gasteiger partial charge in [-0.2, -0.15) is 0 Å². The van der Waals surface area contributed by atoms with Gasteiger partial charge in [-0.05, 0) is 19.1 Å². The van der Waals surface area contributed by atoms with Gasteiger partial charge in [0.15, 0.2) is 11.5 Å². The summed E-state index contributed by atoms with van der Waals surface area (Å²) >= 11 is 5.81. The highest BCUT2D eigenvalue weighted by Crippen LogP contribution is 2.17. The molecule has 18 heavy (non-hydrogen) atoms. The lowest BCUT2D eigenvalue weighted by atomic mass is 10.3. The molecule has 0 spiro atoms. The molecule has 94 valence electrons. The summed E-state index contributed by atoms with van der Waals surface area (Å²) in [6, 6.07) is 2.96. The van der Waals surface area contributed by atoms with Gasteiger partial charge in [0.1, 0.15) is 11.5 Å². The average molecular weight is 267 g/mol. The summed E-state index contributed by atoms with van der Waals surface area (Å²) in [5, 5.41) is 5.47. The number of aryl methyl sites for hydroxylation is 1. The van der Waals surface area contributed by atoms with Crippen molar-refractivity contribution >= 4 is 23.3 Å². The molecule has 2 rings (SSSR count). The van der Waals surface area contributed by atoms with E-state index in [2.05, 4.69) is 20.6 Å². The van der Waals surface area contributed by atoms with Gasteiger partial charge < -0.3 is 15.1 Å². The Balaban J connectivity index is 1.90. The van der Waals surface area contributed by atoms with E-state index in [1.165, 1.54) is 6.39 Å². The summed E-state index contributed by atoms with van der Waals surface area (Å²) in [4.78, 5) is 19.4. The van der Waals surface area contributed by atoms with Crippen molar-refractivity contribution in [3.05, 3.63) is 41.3 Å². The van der Waals surface area contributed by atoms with Crippen molar-refractivity contribution in [2.24, 2.45) is 0 Å². The maximum Gasteiger partial charge on any atom is 0.319 e. The Labute approximate surface area is 108 Å². The van der Waals surface area contributed by atoms with E-state index in [-0.39, 0.29) is 17.7 Å². The van der Waals surface area contributed by atoms with Crippen molar-refractivity contribution in [2.75, 3.05) is 5.32 Å². The van der Waals surface area contributed by atoms with E-state index in [0.29, 0.717) is 17.1 Å². The maximum absolute atomic E-state index is 11.6. The molecule has 0 bridgehead atoms. The third kappa shape index (κ3) is 2.98. The molecule has 0 saturated heterocycles. The van der Waals surface area contributed by atoms with Crippen molar-refractivity contribution < 1.29 is 9.21 Å². The summed E-state index contributed by atoms with van der Waals surface area (Å²) in [5.41, 5.74) is 1.14. The Morgan fingerprint density at radius 2 is 2.33 bits per heavy atom. The van der Waals surface area contributed by atoms with Crippen molar-refractivity contribution in [1.29, 1.82) is 0 Å². The zero-order valence-electron chi connectivity index (χ0n) is 9.61. The molecule has 0 aliphatic carbocycles. The Kier molecular flexibility index (Phi) is 3.78. The molecule has 2 heterocycles. The van der Waals surface area contributed by atoms with Gasteiger partial charge >= 0.3 is 6.03 Å². The molecule has 7 heteroatoms. The van der Waals surface area contributed by atoms with Crippen LogP contribution in [0.15, 0.2) is 29.1 Å². The lowest BCUT2D eigenvalue weighted by Gasteiger charge is -2.07. The summed E-state index contributed by atoms with van der Waals surface area (Å²) in [5.74, 6) is 0.676. The van der Waals surface area contributed by atoms with Crippen LogP contribution in [-0.2, 0) is 6.54 Å². The fourth-order valence-corrected chi connectivity index (χ4v) is 1.47. The number of aromatic nitrogens is 2. The second kappa shape index (κ2) is 5.50. The number of amides is 2. The van der Waals surface area contributed by atoms with Gasteiger partial charge in [-0.1, -0.05) is 11.6 Å². The molecule has 2 aromatic heterocycles. The molecule has 2 amide bonds. The molecule has 0 saturated carbocycles. The van der Waals surface area contributed by atoms with Crippen LogP contribution in [0.2, 0.25) is 5.15 Å². The van der Waals surface area contributed by atoms with Crippen molar-refractivity contribution in [3.63, 3.8) is 0 Å². The predicted molar refractivity (Wildman–Crippen MR) is 66.3 cm³/mol. The molecule has 0 fully saturated rings. The molecular weight excluding hydrogens is 256 g/mol. The Hall–Kier alpha value is -2.08. The van der Waals surface area contributed by atoms with E-state index < -0.39 is 0 Å². The van der Waals surface area contributed by atoms with Gasteiger partial charge in [0.05, 0.1) is 12.2 Å². The lowest BCUT2D eigenvalue weighted by Crippen LogP contribution is -2.28. The zero-order valence-corrected chi connectivity index (χ0v) is 10.4. The number of nitrogens with one attached hydrogen (secondary N) is 2. The van der Waals surface area contributed by atoms with E-state index in [1.807, 2.05) is 0 Å². The number of pyridine rings is 1. The maximum atomic E-state index is 11.6. The Morgan fingerprint density at radius 3 is 3.00 bits per heavy atom. The number of nitrogens with zero attached hydrogens (tertiary/aromatic N) is 2. The summed E-state index contributed by atoms with van der Waals surface area (Å²) in [6.07, 6.45) is 2.88. The number of anilines is 1. The van der Waals surface area contributed by atoms with Crippen LogP contribution >= 0.6 is 11.6 Å². The van der Waals surface area contributed by atoms with Gasteiger partial charge in [-0.15, -0.1) is 0 Å². The number of hydrogen-bond donors (Lipinski definition) is 2. The van der Waals surface area contributed by atoms with Gasteiger partial charge in [0, 0.05) is 6.20 Å². The highest BCUT2D eigenvalue weighted by atomic mass is 35.5. The second-order valence-corrected chi connectivity index (χ2v) is 3.86. The Morgan fingerprint density at radius 1 is 1.50 bits per heavy atom. The standard InChI is InChI=1S/C11H11ClN4O2/c1-7-9(15-6-18-7)5-14-11(17)16-8-3-2-4-13-10(8)12/h2-4,6H,5H2,1H3,(H2,14,16,17). The van der Waals surface area contributed by atoms with Crippen LogP contribution < -0.4 is 10.6 Å². The summed E-state index contributed by atoms with van der Waals surface area (Å²) in [6.45, 7) is 2.06. The summed E-state index contributed by atoms with van der Waals surface area (Å²) < 4.78 is 5.02. The van der Waals surface area contributed by atoms with Gasteiger partial charge in [0.2, 0.25) is 0 Å². The van der Waals surface area contributed by atoms with Crippen LogP contribution in [0.1, 0.15) is 11.5 Å². The number of urea groups is 1. The van der Waals surface area contributed by atoms with Crippen molar-refractivity contribution in [2.45, 2.75) is 13.5 Å². The fraction of sp³-hybridized carbons (Fsp3) is 0.182. The molecule has 2 aromatic rings. The van der Waals surface area contributed by atoms with E-state index in [0.717, 1.165) is 0 Å². The minimum atomic E-state index is -0.382. The molecular formula is C11H11ClN4O2. The van der Waals surface area contributed by atoms with Crippen LogP contribution in [-0.4, -0.2) is 16.0 Å². The van der Waals surface area contributed by atoms with Crippen LogP contribution in [0, 0.1) is 6.92 Å². The smallest absolute Gasteiger partial charge is 0.319 e. The minimum Gasteiger partial charge on any atom is -0.448 e. The third-order valence-corrected chi connectivity index (χ3v) is 2.57. The number of carbonyl (C=O) groups is 1. The predicted octanol–water partition coefficient (Wildman–Crippen LogP) is 2.35. The Bertz CT molecular complexity index is 555. The molecule has 6 nitrogen and oxygen atoms in total. The van der Waals surface area contributed by atoms with Gasteiger partial charge in [-0.25, -0.2) is 14.8 Å². The van der Waals surface area contributed by atoms with E-state index in [4.69, 9.17) is 16.0 Å². The molecule has 0 aliphatic heterocycles. The molecule has 0 radical (unpaired) electrons. The van der Waals surface area contributed by atoms with Gasteiger partial charge in [-0.3, -0.25) is 0 Å². The highest BCUT2D eigenvalue weighted by molar-refractivity contribution is 6.32. The number of carbonyl (C=O) groups excluding carboxylic acids is 1.